The van der Waals surface area contributed by atoms with Crippen molar-refractivity contribution in [1.29, 1.82) is 0 Å². The summed E-state index contributed by atoms with van der Waals surface area (Å²) < 4.78 is 10.6. The van der Waals surface area contributed by atoms with Gasteiger partial charge in [0.05, 0.1) is 11.7 Å². The Labute approximate surface area is 197 Å². The summed E-state index contributed by atoms with van der Waals surface area (Å²) in [5, 5.41) is 3.15. The van der Waals surface area contributed by atoms with E-state index in [1.165, 1.54) is 18.3 Å². The molecule has 1 aliphatic carbocycles. The normalized spacial score (nSPS) is 15.2. The van der Waals surface area contributed by atoms with Gasteiger partial charge in [0.15, 0.2) is 12.4 Å². The molecule has 0 fully saturated rings. The second-order valence-electron chi connectivity index (χ2n) is 8.82. The van der Waals surface area contributed by atoms with E-state index in [0.29, 0.717) is 33.3 Å². The van der Waals surface area contributed by atoms with Gasteiger partial charge in [0.25, 0.3) is 5.91 Å². The maximum Gasteiger partial charge on any atom is 0.355 e. The number of fused-ring (bicyclic) bond motifs is 1. The highest BCUT2D eigenvalue weighted by molar-refractivity contribution is 7.17. The lowest BCUT2D eigenvalue weighted by molar-refractivity contribution is -0.119. The van der Waals surface area contributed by atoms with E-state index in [2.05, 4.69) is 17.2 Å². The molecule has 2 heterocycles. The summed E-state index contributed by atoms with van der Waals surface area (Å²) in [6.45, 7) is 9.97. The SMILES string of the molecule is CC(=O)c1c(C)[nH]c(C(=O)OCC(=O)Nc2sc3c(c2C(=O)OC(C)C)CC[C@H](C)C3)c1C. The van der Waals surface area contributed by atoms with Gasteiger partial charge in [-0.1, -0.05) is 6.92 Å². The van der Waals surface area contributed by atoms with Crippen LogP contribution in [0.5, 0.6) is 0 Å². The number of rotatable bonds is 7. The maximum atomic E-state index is 12.8. The van der Waals surface area contributed by atoms with Gasteiger partial charge in [-0.25, -0.2) is 9.59 Å². The molecule has 0 saturated carbocycles. The molecule has 1 aliphatic rings. The molecule has 2 N–H and O–H groups in total. The minimum absolute atomic E-state index is 0.146. The molecule has 0 unspecified atom stereocenters. The van der Waals surface area contributed by atoms with Crippen LogP contribution in [-0.2, 0) is 27.1 Å². The third-order valence-corrected chi connectivity index (χ3v) is 6.81. The first-order valence-corrected chi connectivity index (χ1v) is 11.8. The Bertz CT molecular complexity index is 1110. The Balaban J connectivity index is 1.74. The zero-order valence-corrected chi connectivity index (χ0v) is 20.7. The molecule has 0 aromatic carbocycles. The molecule has 3 rings (SSSR count). The summed E-state index contributed by atoms with van der Waals surface area (Å²) >= 11 is 1.37. The van der Waals surface area contributed by atoms with Crippen LogP contribution in [0.2, 0.25) is 0 Å². The number of hydrogen-bond acceptors (Lipinski definition) is 7. The number of carbonyl (C=O) groups excluding carboxylic acids is 4. The molecule has 2 aromatic rings. The van der Waals surface area contributed by atoms with Crippen LogP contribution in [-0.4, -0.2) is 41.3 Å². The monoisotopic (exact) mass is 474 g/mol. The number of aromatic nitrogens is 1. The van der Waals surface area contributed by atoms with Crippen LogP contribution in [0.15, 0.2) is 0 Å². The molecule has 33 heavy (non-hydrogen) atoms. The van der Waals surface area contributed by atoms with Gasteiger partial charge in [-0.3, -0.25) is 9.59 Å². The van der Waals surface area contributed by atoms with Crippen molar-refractivity contribution in [3.63, 3.8) is 0 Å². The van der Waals surface area contributed by atoms with Crippen LogP contribution in [0.1, 0.15) is 87.0 Å². The highest BCUT2D eigenvalue weighted by Gasteiger charge is 2.30. The highest BCUT2D eigenvalue weighted by atomic mass is 32.1. The molecule has 9 heteroatoms. The minimum Gasteiger partial charge on any atom is -0.459 e. The van der Waals surface area contributed by atoms with Crippen molar-refractivity contribution in [1.82, 2.24) is 4.98 Å². The molecule has 1 atom stereocenters. The molecular weight excluding hydrogens is 444 g/mol. The van der Waals surface area contributed by atoms with Gasteiger partial charge in [0, 0.05) is 16.1 Å². The van der Waals surface area contributed by atoms with Gasteiger partial charge in [-0.05, 0) is 70.9 Å². The van der Waals surface area contributed by atoms with Gasteiger partial charge in [0.1, 0.15) is 10.7 Å². The molecule has 0 saturated heterocycles. The Kier molecular flexibility index (Phi) is 7.41. The molecule has 1 amide bonds. The van der Waals surface area contributed by atoms with Gasteiger partial charge < -0.3 is 19.8 Å². The predicted octanol–water partition coefficient (Wildman–Crippen LogP) is 4.38. The molecule has 2 aromatic heterocycles. The van der Waals surface area contributed by atoms with Crippen LogP contribution in [0.25, 0.3) is 0 Å². The van der Waals surface area contributed by atoms with Crippen molar-refractivity contribution in [3.8, 4) is 0 Å². The van der Waals surface area contributed by atoms with Crippen LogP contribution in [0.4, 0.5) is 5.00 Å². The molecule has 0 spiro atoms. The zero-order chi connectivity index (χ0) is 24.4. The topological polar surface area (TPSA) is 115 Å². The van der Waals surface area contributed by atoms with Crippen molar-refractivity contribution in [2.75, 3.05) is 11.9 Å². The van der Waals surface area contributed by atoms with E-state index in [-0.39, 0.29) is 17.6 Å². The van der Waals surface area contributed by atoms with Gasteiger partial charge >= 0.3 is 11.9 Å². The third kappa shape index (κ3) is 5.35. The number of nitrogens with one attached hydrogen (secondary N) is 2. The summed E-state index contributed by atoms with van der Waals surface area (Å²) in [5.41, 5.74) is 2.99. The van der Waals surface area contributed by atoms with Gasteiger partial charge in [0.2, 0.25) is 0 Å². The number of hydrogen-bond donors (Lipinski definition) is 2. The molecule has 0 bridgehead atoms. The summed E-state index contributed by atoms with van der Waals surface area (Å²) in [5.74, 6) is -1.39. The van der Waals surface area contributed by atoms with Crippen molar-refractivity contribution in [3.05, 3.63) is 38.5 Å². The van der Waals surface area contributed by atoms with E-state index in [9.17, 15) is 19.2 Å². The number of aryl methyl sites for hydroxylation is 1. The van der Waals surface area contributed by atoms with Crippen LogP contribution < -0.4 is 5.32 Å². The first-order chi connectivity index (χ1) is 15.5. The Morgan fingerprint density at radius 2 is 1.85 bits per heavy atom. The number of H-pyrrole nitrogens is 1. The van der Waals surface area contributed by atoms with E-state index in [1.54, 1.807) is 27.7 Å². The summed E-state index contributed by atoms with van der Waals surface area (Å²) in [7, 11) is 0. The van der Waals surface area contributed by atoms with Crippen molar-refractivity contribution in [2.45, 2.75) is 66.9 Å². The Morgan fingerprint density at radius 1 is 1.15 bits per heavy atom. The number of anilines is 1. The number of carbonyl (C=O) groups is 4. The van der Waals surface area contributed by atoms with E-state index < -0.39 is 24.5 Å². The average molecular weight is 475 g/mol. The van der Waals surface area contributed by atoms with E-state index >= 15 is 0 Å². The standard InChI is InChI=1S/C24H30N2O6S/c1-11(2)32-23(29)20-16-8-7-12(3)9-17(16)33-22(20)26-18(28)10-31-24(30)21-13(4)19(15(6)27)14(5)25-21/h11-12,25H,7-10H2,1-6H3,(H,26,28)/t12-/m0/s1. The number of aromatic amines is 1. The molecular formula is C24H30N2O6S. The zero-order valence-electron chi connectivity index (χ0n) is 19.8. The number of esters is 2. The van der Waals surface area contributed by atoms with Gasteiger partial charge in [-0.2, -0.15) is 0 Å². The molecule has 8 nitrogen and oxygen atoms in total. The second-order valence-corrected chi connectivity index (χ2v) is 9.92. The van der Waals surface area contributed by atoms with Crippen molar-refractivity contribution in [2.24, 2.45) is 5.92 Å². The minimum atomic E-state index is -0.725. The molecule has 178 valence electrons. The largest absolute Gasteiger partial charge is 0.459 e. The highest BCUT2D eigenvalue weighted by Crippen LogP contribution is 2.40. The third-order valence-electron chi connectivity index (χ3n) is 5.64. The van der Waals surface area contributed by atoms with Crippen molar-refractivity contribution >= 4 is 40.0 Å². The van der Waals surface area contributed by atoms with Gasteiger partial charge in [-0.15, -0.1) is 11.3 Å². The van der Waals surface area contributed by atoms with Crippen LogP contribution in [0, 0.1) is 19.8 Å². The van der Waals surface area contributed by atoms with Crippen LogP contribution in [0.3, 0.4) is 0 Å². The Morgan fingerprint density at radius 3 is 2.45 bits per heavy atom. The number of ether oxygens (including phenoxy) is 2. The lowest BCUT2D eigenvalue weighted by Crippen LogP contribution is -2.23. The number of amides is 1. The van der Waals surface area contributed by atoms with Crippen molar-refractivity contribution < 1.29 is 28.7 Å². The lowest BCUT2D eigenvalue weighted by atomic mass is 9.88. The smallest absolute Gasteiger partial charge is 0.355 e. The maximum absolute atomic E-state index is 12.8. The quantitative estimate of drug-likeness (QED) is 0.455. The molecule has 0 radical (unpaired) electrons. The lowest BCUT2D eigenvalue weighted by Gasteiger charge is -2.18. The van der Waals surface area contributed by atoms with E-state index in [1.807, 2.05) is 0 Å². The van der Waals surface area contributed by atoms with E-state index in [4.69, 9.17) is 9.47 Å². The van der Waals surface area contributed by atoms with E-state index in [0.717, 1.165) is 29.7 Å². The fourth-order valence-electron chi connectivity index (χ4n) is 4.18. The number of thiophene rings is 1. The molecule has 0 aliphatic heterocycles. The average Bonchev–Trinajstić information content (AvgIpc) is 3.21. The first-order valence-electron chi connectivity index (χ1n) is 11.0. The second kappa shape index (κ2) is 9.91. The summed E-state index contributed by atoms with van der Waals surface area (Å²) in [6, 6.07) is 0. The number of ketones is 1. The Hall–Kier alpha value is -2.94. The van der Waals surface area contributed by atoms with Crippen LogP contribution >= 0.6 is 11.3 Å². The summed E-state index contributed by atoms with van der Waals surface area (Å²) in [6.07, 6.45) is 2.28. The first kappa shape index (κ1) is 24.7. The predicted molar refractivity (Wildman–Crippen MR) is 125 cm³/mol. The summed E-state index contributed by atoms with van der Waals surface area (Å²) in [4.78, 5) is 53.6. The fourth-order valence-corrected chi connectivity index (χ4v) is 5.59. The number of Topliss-reactive ketones (excluding diaryl/α,β-unsaturated/α-hetero) is 1. The fraction of sp³-hybridized carbons (Fsp3) is 0.500.